The lowest BCUT2D eigenvalue weighted by Gasteiger charge is -2.17. The maximum Gasteiger partial charge on any atom is 0.387 e. The van der Waals surface area contributed by atoms with Crippen LogP contribution in [0.5, 0.6) is 11.5 Å². The number of aromatic nitrogens is 2. The van der Waals surface area contributed by atoms with Crippen molar-refractivity contribution in [2.24, 2.45) is 0 Å². The number of nitrogens with zero attached hydrogens (tertiary/aromatic N) is 3. The molecule has 2 aromatic carbocycles. The molecule has 11 heteroatoms. The Morgan fingerprint density at radius 2 is 1.81 bits per heavy atom. The molecule has 0 unspecified atom stereocenters. The minimum absolute atomic E-state index is 0.0820. The number of anilines is 2. The van der Waals surface area contributed by atoms with E-state index in [9.17, 15) is 13.6 Å². The van der Waals surface area contributed by atoms with Crippen LogP contribution >= 0.6 is 23.1 Å². The van der Waals surface area contributed by atoms with Gasteiger partial charge in [0, 0.05) is 19.3 Å². The SMILES string of the molecule is COc1ccc(Nc2nnc(SCC(=O)N(C)Cc3ccc(OC(F)F)cc3)s2)cc1. The summed E-state index contributed by atoms with van der Waals surface area (Å²) in [5.41, 5.74) is 1.67. The van der Waals surface area contributed by atoms with Gasteiger partial charge in [0.15, 0.2) is 4.34 Å². The first-order valence-electron chi connectivity index (χ1n) is 9.08. The predicted octanol–water partition coefficient (Wildman–Crippen LogP) is 4.64. The van der Waals surface area contributed by atoms with E-state index in [0.717, 1.165) is 17.0 Å². The molecular formula is C20H20F2N4O3S2. The third-order valence-corrected chi connectivity index (χ3v) is 6.02. The van der Waals surface area contributed by atoms with Gasteiger partial charge >= 0.3 is 6.61 Å². The summed E-state index contributed by atoms with van der Waals surface area (Å²) in [6, 6.07) is 13.6. The van der Waals surface area contributed by atoms with Crippen molar-refractivity contribution < 1.29 is 23.0 Å². The van der Waals surface area contributed by atoms with Crippen molar-refractivity contribution in [3.8, 4) is 11.5 Å². The number of carbonyl (C=O) groups is 1. The smallest absolute Gasteiger partial charge is 0.387 e. The van der Waals surface area contributed by atoms with Crippen LogP contribution in [0.4, 0.5) is 19.6 Å². The molecule has 1 N–H and O–H groups in total. The third kappa shape index (κ3) is 7.07. The van der Waals surface area contributed by atoms with Gasteiger partial charge in [-0.05, 0) is 42.0 Å². The number of carbonyl (C=O) groups excluding carboxylic acids is 1. The molecule has 0 atom stereocenters. The Hall–Kier alpha value is -2.92. The van der Waals surface area contributed by atoms with Crippen molar-refractivity contribution in [2.75, 3.05) is 25.2 Å². The zero-order valence-corrected chi connectivity index (χ0v) is 18.4. The van der Waals surface area contributed by atoms with Crippen LogP contribution in [-0.4, -0.2) is 47.5 Å². The molecule has 31 heavy (non-hydrogen) atoms. The Kier molecular flexibility index (Phi) is 8.01. The molecule has 0 aliphatic carbocycles. The van der Waals surface area contributed by atoms with Crippen LogP contribution < -0.4 is 14.8 Å². The highest BCUT2D eigenvalue weighted by Crippen LogP contribution is 2.28. The molecule has 0 radical (unpaired) electrons. The van der Waals surface area contributed by atoms with Crippen LogP contribution in [-0.2, 0) is 11.3 Å². The number of hydrogen-bond acceptors (Lipinski definition) is 8. The van der Waals surface area contributed by atoms with Crippen molar-refractivity contribution in [1.82, 2.24) is 15.1 Å². The molecular weight excluding hydrogens is 446 g/mol. The summed E-state index contributed by atoms with van der Waals surface area (Å²) < 4.78 is 34.5. The number of benzene rings is 2. The number of alkyl halides is 2. The van der Waals surface area contributed by atoms with Gasteiger partial charge < -0.3 is 19.7 Å². The lowest BCUT2D eigenvalue weighted by molar-refractivity contribution is -0.127. The van der Waals surface area contributed by atoms with E-state index in [4.69, 9.17) is 4.74 Å². The second-order valence-electron chi connectivity index (χ2n) is 6.29. The highest BCUT2D eigenvalue weighted by molar-refractivity contribution is 8.01. The molecule has 3 aromatic rings. The topological polar surface area (TPSA) is 76.6 Å². The van der Waals surface area contributed by atoms with E-state index in [-0.39, 0.29) is 17.4 Å². The fourth-order valence-electron chi connectivity index (χ4n) is 2.49. The second kappa shape index (κ2) is 10.9. The molecule has 0 aliphatic rings. The van der Waals surface area contributed by atoms with Gasteiger partial charge in [0.25, 0.3) is 0 Å². The molecule has 0 fully saturated rings. The Morgan fingerprint density at radius 1 is 1.13 bits per heavy atom. The van der Waals surface area contributed by atoms with E-state index in [1.807, 2.05) is 24.3 Å². The van der Waals surface area contributed by atoms with Crippen molar-refractivity contribution in [3.63, 3.8) is 0 Å². The zero-order chi connectivity index (χ0) is 22.2. The van der Waals surface area contributed by atoms with Crippen molar-refractivity contribution in [3.05, 3.63) is 54.1 Å². The molecule has 7 nitrogen and oxygen atoms in total. The summed E-state index contributed by atoms with van der Waals surface area (Å²) in [6.45, 7) is -2.51. The van der Waals surface area contributed by atoms with Gasteiger partial charge in [0.2, 0.25) is 11.0 Å². The summed E-state index contributed by atoms with van der Waals surface area (Å²) in [5, 5.41) is 12.0. The summed E-state index contributed by atoms with van der Waals surface area (Å²) in [7, 11) is 3.29. The Bertz CT molecular complexity index is 985. The number of thioether (sulfide) groups is 1. The van der Waals surface area contributed by atoms with Gasteiger partial charge in [0.05, 0.1) is 12.9 Å². The summed E-state index contributed by atoms with van der Waals surface area (Å²) in [6.07, 6.45) is 0. The molecule has 0 bridgehead atoms. The van der Waals surface area contributed by atoms with E-state index in [2.05, 4.69) is 20.3 Å². The van der Waals surface area contributed by atoms with Gasteiger partial charge in [-0.3, -0.25) is 4.79 Å². The van der Waals surface area contributed by atoms with Gasteiger partial charge in [-0.1, -0.05) is 35.2 Å². The van der Waals surface area contributed by atoms with E-state index in [0.29, 0.717) is 16.0 Å². The van der Waals surface area contributed by atoms with Gasteiger partial charge in [0.1, 0.15) is 11.5 Å². The van der Waals surface area contributed by atoms with Crippen molar-refractivity contribution in [1.29, 1.82) is 0 Å². The highest BCUT2D eigenvalue weighted by atomic mass is 32.2. The number of halogens is 2. The molecule has 164 valence electrons. The summed E-state index contributed by atoms with van der Waals surface area (Å²) >= 11 is 2.66. The van der Waals surface area contributed by atoms with Gasteiger partial charge in [-0.2, -0.15) is 8.78 Å². The molecule has 1 heterocycles. The normalized spacial score (nSPS) is 10.7. The molecule has 3 rings (SSSR count). The van der Waals surface area contributed by atoms with Crippen LogP contribution in [0.2, 0.25) is 0 Å². The number of hydrogen-bond donors (Lipinski definition) is 1. The Balaban J connectivity index is 1.46. The second-order valence-corrected chi connectivity index (χ2v) is 8.49. The van der Waals surface area contributed by atoms with E-state index in [1.54, 1.807) is 31.2 Å². The fraction of sp³-hybridized carbons (Fsp3) is 0.250. The lowest BCUT2D eigenvalue weighted by Crippen LogP contribution is -2.27. The molecule has 0 saturated carbocycles. The summed E-state index contributed by atoms with van der Waals surface area (Å²) in [5.74, 6) is 0.968. The van der Waals surface area contributed by atoms with Crippen LogP contribution in [0.15, 0.2) is 52.9 Å². The number of amides is 1. The van der Waals surface area contributed by atoms with E-state index < -0.39 is 6.61 Å². The van der Waals surface area contributed by atoms with Crippen molar-refractivity contribution in [2.45, 2.75) is 17.5 Å². The number of nitrogens with one attached hydrogen (secondary N) is 1. The summed E-state index contributed by atoms with van der Waals surface area (Å²) in [4.78, 5) is 14.0. The fourth-order valence-corrected chi connectivity index (χ4v) is 4.20. The highest BCUT2D eigenvalue weighted by Gasteiger charge is 2.13. The van der Waals surface area contributed by atoms with E-state index >= 15 is 0 Å². The molecule has 1 amide bonds. The largest absolute Gasteiger partial charge is 0.497 e. The van der Waals surface area contributed by atoms with Crippen LogP contribution in [0, 0.1) is 0 Å². The quantitative estimate of drug-likeness (QED) is 0.436. The number of methoxy groups -OCH3 is 1. The monoisotopic (exact) mass is 466 g/mol. The first kappa shape index (κ1) is 22.8. The minimum atomic E-state index is -2.86. The molecule has 1 aromatic heterocycles. The van der Waals surface area contributed by atoms with Crippen LogP contribution in [0.25, 0.3) is 0 Å². The average Bonchev–Trinajstić information content (AvgIpc) is 3.20. The predicted molar refractivity (Wildman–Crippen MR) is 116 cm³/mol. The van der Waals surface area contributed by atoms with Gasteiger partial charge in [-0.25, -0.2) is 0 Å². The van der Waals surface area contributed by atoms with Crippen LogP contribution in [0.1, 0.15) is 5.56 Å². The Morgan fingerprint density at radius 3 is 2.45 bits per heavy atom. The van der Waals surface area contributed by atoms with Crippen LogP contribution in [0.3, 0.4) is 0 Å². The maximum atomic E-state index is 12.4. The number of ether oxygens (including phenoxy) is 2. The Labute approximate surface area is 186 Å². The third-order valence-electron chi connectivity index (χ3n) is 4.06. The number of rotatable bonds is 10. The molecule has 0 aliphatic heterocycles. The zero-order valence-electron chi connectivity index (χ0n) is 16.7. The van der Waals surface area contributed by atoms with E-state index in [1.165, 1.54) is 35.2 Å². The first-order valence-corrected chi connectivity index (χ1v) is 10.9. The minimum Gasteiger partial charge on any atom is -0.497 e. The first-order chi connectivity index (χ1) is 14.9. The molecule has 0 saturated heterocycles. The van der Waals surface area contributed by atoms with Gasteiger partial charge in [-0.15, -0.1) is 10.2 Å². The molecule has 0 spiro atoms. The van der Waals surface area contributed by atoms with Crippen molar-refractivity contribution >= 4 is 39.8 Å². The standard InChI is InChI=1S/C20H20F2N4O3S2/c1-26(11-13-3-7-16(8-4-13)29-18(21)22)17(27)12-30-20-25-24-19(31-20)23-14-5-9-15(28-2)10-6-14/h3-10,18H,11-12H2,1-2H3,(H,23,24). The maximum absolute atomic E-state index is 12.4. The average molecular weight is 467 g/mol. The lowest BCUT2D eigenvalue weighted by atomic mass is 10.2.